The van der Waals surface area contributed by atoms with Gasteiger partial charge >= 0.3 is 0 Å². The first-order chi connectivity index (χ1) is 6.96. The van der Waals surface area contributed by atoms with Crippen LogP contribution in [0.5, 0.6) is 0 Å². The molecule has 1 aliphatic carbocycles. The number of carbonyl (C=O) groups excluding carboxylic acids is 1. The quantitative estimate of drug-likeness (QED) is 0.601. The van der Waals surface area contributed by atoms with E-state index in [-0.39, 0.29) is 17.0 Å². The number of hydrogen-bond donors (Lipinski definition) is 0. The highest BCUT2D eigenvalue weighted by atomic mass is 16.2. The van der Waals surface area contributed by atoms with Crippen molar-refractivity contribution in [3.05, 3.63) is 0 Å². The van der Waals surface area contributed by atoms with E-state index in [4.69, 9.17) is 0 Å². The Labute approximate surface area is 91.6 Å². The molecule has 1 spiro atoms. The Hall–Kier alpha value is -0.860. The molecule has 0 N–H and O–H groups in total. The lowest BCUT2D eigenvalue weighted by atomic mass is 9.81. The highest BCUT2D eigenvalue weighted by Crippen LogP contribution is 2.37. The second-order valence-electron chi connectivity index (χ2n) is 5.68. The lowest BCUT2D eigenvalue weighted by Crippen LogP contribution is -2.49. The largest absolute Gasteiger partial charge is 0.296 e. The van der Waals surface area contributed by atoms with Crippen LogP contribution in [-0.4, -0.2) is 28.2 Å². The number of rotatable bonds is 0. The number of amides is 1. The van der Waals surface area contributed by atoms with Crippen molar-refractivity contribution < 1.29 is 4.79 Å². The van der Waals surface area contributed by atoms with Gasteiger partial charge in [0.15, 0.2) is 0 Å². The highest BCUT2D eigenvalue weighted by molar-refractivity contribution is 6.00. The molecule has 1 fully saturated rings. The van der Waals surface area contributed by atoms with E-state index in [0.717, 1.165) is 25.7 Å². The van der Waals surface area contributed by atoms with Crippen LogP contribution in [0.15, 0.2) is 4.99 Å². The Bertz CT molecular complexity index is 295. The molecule has 3 heteroatoms. The predicted octanol–water partition coefficient (Wildman–Crippen LogP) is 2.36. The van der Waals surface area contributed by atoms with Crippen LogP contribution in [0.3, 0.4) is 0 Å². The van der Waals surface area contributed by atoms with Crippen LogP contribution in [0.2, 0.25) is 0 Å². The molecule has 1 aliphatic heterocycles. The third kappa shape index (κ3) is 1.68. The van der Waals surface area contributed by atoms with Gasteiger partial charge < -0.3 is 0 Å². The molecule has 3 nitrogen and oxygen atoms in total. The average molecular weight is 208 g/mol. The summed E-state index contributed by atoms with van der Waals surface area (Å²) in [4.78, 5) is 18.6. The maximum atomic E-state index is 12.3. The summed E-state index contributed by atoms with van der Waals surface area (Å²) < 4.78 is 0. The van der Waals surface area contributed by atoms with Gasteiger partial charge in [0.05, 0.1) is 6.34 Å². The van der Waals surface area contributed by atoms with Gasteiger partial charge in [0, 0.05) is 5.54 Å². The molecule has 0 aromatic heterocycles. The van der Waals surface area contributed by atoms with Crippen molar-refractivity contribution in [3.63, 3.8) is 0 Å². The van der Waals surface area contributed by atoms with Crippen LogP contribution < -0.4 is 0 Å². The summed E-state index contributed by atoms with van der Waals surface area (Å²) in [6.07, 6.45) is 7.17. The van der Waals surface area contributed by atoms with E-state index in [1.807, 2.05) is 0 Å². The van der Waals surface area contributed by atoms with Gasteiger partial charge in [-0.2, -0.15) is 0 Å². The van der Waals surface area contributed by atoms with Gasteiger partial charge in [-0.1, -0.05) is 19.3 Å². The van der Waals surface area contributed by atoms with Crippen molar-refractivity contribution in [2.75, 3.05) is 0 Å². The van der Waals surface area contributed by atoms with E-state index in [1.165, 1.54) is 6.42 Å². The molecule has 15 heavy (non-hydrogen) atoms. The first-order valence-electron chi connectivity index (χ1n) is 5.85. The molecule has 0 aromatic rings. The van der Waals surface area contributed by atoms with Crippen LogP contribution in [0.4, 0.5) is 0 Å². The zero-order valence-corrected chi connectivity index (χ0v) is 9.92. The smallest absolute Gasteiger partial charge is 0.256 e. The molecule has 84 valence electrons. The lowest BCUT2D eigenvalue weighted by molar-refractivity contribution is -0.135. The number of aliphatic imine (C=N–C) groups is 1. The van der Waals surface area contributed by atoms with Gasteiger partial charge in [-0.05, 0) is 33.6 Å². The van der Waals surface area contributed by atoms with Crippen molar-refractivity contribution in [2.24, 2.45) is 4.99 Å². The fourth-order valence-electron chi connectivity index (χ4n) is 2.46. The van der Waals surface area contributed by atoms with Crippen molar-refractivity contribution in [2.45, 2.75) is 64.0 Å². The zero-order valence-electron chi connectivity index (χ0n) is 9.92. The van der Waals surface area contributed by atoms with Crippen molar-refractivity contribution in [1.29, 1.82) is 0 Å². The zero-order chi connectivity index (χ0) is 11.1. The van der Waals surface area contributed by atoms with Gasteiger partial charge in [-0.25, -0.2) is 0 Å². The Morgan fingerprint density at radius 1 is 1.27 bits per heavy atom. The predicted molar refractivity (Wildman–Crippen MR) is 60.9 cm³/mol. The van der Waals surface area contributed by atoms with E-state index in [1.54, 1.807) is 11.2 Å². The topological polar surface area (TPSA) is 32.7 Å². The number of carbonyl (C=O) groups is 1. The Morgan fingerprint density at radius 2 is 1.87 bits per heavy atom. The van der Waals surface area contributed by atoms with Crippen LogP contribution >= 0.6 is 0 Å². The third-order valence-corrected chi connectivity index (χ3v) is 3.44. The second kappa shape index (κ2) is 3.32. The van der Waals surface area contributed by atoms with Crippen LogP contribution in [0, 0.1) is 0 Å². The summed E-state index contributed by atoms with van der Waals surface area (Å²) in [5.74, 6) is 0.217. The van der Waals surface area contributed by atoms with Gasteiger partial charge in [-0.3, -0.25) is 14.7 Å². The van der Waals surface area contributed by atoms with Gasteiger partial charge in [0.2, 0.25) is 0 Å². The molecule has 2 aliphatic rings. The molecule has 2 rings (SSSR count). The fraction of sp³-hybridized carbons (Fsp3) is 0.833. The summed E-state index contributed by atoms with van der Waals surface area (Å²) in [6.45, 7) is 6.16. The third-order valence-electron chi connectivity index (χ3n) is 3.44. The van der Waals surface area contributed by atoms with Crippen LogP contribution in [-0.2, 0) is 4.79 Å². The van der Waals surface area contributed by atoms with E-state index in [0.29, 0.717) is 0 Å². The van der Waals surface area contributed by atoms with Crippen LogP contribution in [0.25, 0.3) is 0 Å². The second-order valence-corrected chi connectivity index (χ2v) is 5.68. The standard InChI is InChI=1S/C12H20N2O/c1-11(2,3)14-9-13-12(10(14)15)7-5-4-6-8-12/h9H,4-8H2,1-3H3. The Morgan fingerprint density at radius 3 is 2.33 bits per heavy atom. The molecule has 0 bridgehead atoms. The molecular formula is C12H20N2O. The molecular weight excluding hydrogens is 188 g/mol. The van der Waals surface area contributed by atoms with Gasteiger partial charge in [-0.15, -0.1) is 0 Å². The minimum absolute atomic E-state index is 0.137. The number of hydrogen-bond acceptors (Lipinski definition) is 2. The summed E-state index contributed by atoms with van der Waals surface area (Å²) in [6, 6.07) is 0. The number of nitrogens with zero attached hydrogens (tertiary/aromatic N) is 2. The van der Waals surface area contributed by atoms with E-state index < -0.39 is 0 Å². The van der Waals surface area contributed by atoms with E-state index in [2.05, 4.69) is 25.8 Å². The SMILES string of the molecule is CC(C)(C)N1C=NC2(CCCCC2)C1=O. The van der Waals surface area contributed by atoms with Gasteiger partial charge in [0.1, 0.15) is 5.54 Å². The molecule has 0 saturated heterocycles. The van der Waals surface area contributed by atoms with Crippen molar-refractivity contribution >= 4 is 12.2 Å². The molecule has 0 unspecified atom stereocenters. The lowest BCUT2D eigenvalue weighted by Gasteiger charge is -2.34. The molecule has 0 atom stereocenters. The molecule has 0 radical (unpaired) electrons. The monoisotopic (exact) mass is 208 g/mol. The summed E-state index contributed by atoms with van der Waals surface area (Å²) >= 11 is 0. The summed E-state index contributed by atoms with van der Waals surface area (Å²) in [5.41, 5.74) is -0.521. The molecule has 1 amide bonds. The summed E-state index contributed by atoms with van der Waals surface area (Å²) in [5, 5.41) is 0. The molecule has 1 saturated carbocycles. The van der Waals surface area contributed by atoms with Crippen molar-refractivity contribution in [1.82, 2.24) is 4.90 Å². The maximum absolute atomic E-state index is 12.3. The Kier molecular flexibility index (Phi) is 2.36. The van der Waals surface area contributed by atoms with Crippen LogP contribution in [0.1, 0.15) is 52.9 Å². The van der Waals surface area contributed by atoms with Crippen molar-refractivity contribution in [3.8, 4) is 0 Å². The normalized spacial score (nSPS) is 25.3. The molecule has 1 heterocycles. The summed E-state index contributed by atoms with van der Waals surface area (Å²) in [7, 11) is 0. The maximum Gasteiger partial charge on any atom is 0.256 e. The minimum atomic E-state index is -0.383. The van der Waals surface area contributed by atoms with Gasteiger partial charge in [0.25, 0.3) is 5.91 Å². The van der Waals surface area contributed by atoms with E-state index >= 15 is 0 Å². The average Bonchev–Trinajstić information content (AvgIpc) is 2.45. The first-order valence-corrected chi connectivity index (χ1v) is 5.85. The molecule has 0 aromatic carbocycles. The van der Waals surface area contributed by atoms with E-state index in [9.17, 15) is 4.79 Å². The highest BCUT2D eigenvalue weighted by Gasteiger charge is 2.47. The fourth-order valence-corrected chi connectivity index (χ4v) is 2.46. The first kappa shape index (κ1) is 10.7. The Balaban J connectivity index is 2.20. The minimum Gasteiger partial charge on any atom is -0.296 e.